The zero-order valence-electron chi connectivity index (χ0n) is 5.99. The van der Waals surface area contributed by atoms with E-state index >= 15 is 0 Å². The first-order chi connectivity index (χ1) is 5.31. The van der Waals surface area contributed by atoms with E-state index in [0.29, 0.717) is 11.8 Å². The summed E-state index contributed by atoms with van der Waals surface area (Å²) in [5.74, 6) is 1.04. The number of β-lactam (4-membered cyclic amide) rings is 1. The van der Waals surface area contributed by atoms with E-state index in [0.717, 1.165) is 11.3 Å². The van der Waals surface area contributed by atoms with E-state index in [1.807, 2.05) is 0 Å². The number of hydrogen-bond acceptors (Lipinski definition) is 3. The van der Waals surface area contributed by atoms with Gasteiger partial charge in [0.05, 0.1) is 18.4 Å². The maximum absolute atomic E-state index is 10.9. The minimum absolute atomic E-state index is 0.0729. The van der Waals surface area contributed by atoms with Crippen LogP contribution in [0.15, 0.2) is 11.8 Å². The summed E-state index contributed by atoms with van der Waals surface area (Å²) in [6, 6.07) is 0. The molecule has 0 radical (unpaired) electrons. The molecule has 0 spiro atoms. The monoisotopic (exact) mass is 171 g/mol. The zero-order chi connectivity index (χ0) is 7.84. The molecule has 1 saturated heterocycles. The lowest BCUT2D eigenvalue weighted by Gasteiger charge is -2.40. The van der Waals surface area contributed by atoms with E-state index in [9.17, 15) is 4.79 Å². The number of aliphatic hydroxyl groups is 1. The van der Waals surface area contributed by atoms with Gasteiger partial charge in [0, 0.05) is 12.0 Å². The molecule has 1 N–H and O–H groups in total. The average molecular weight is 171 g/mol. The molecule has 0 aromatic heterocycles. The second-order valence-corrected chi connectivity index (χ2v) is 3.88. The Balaban J connectivity index is 2.13. The summed E-state index contributed by atoms with van der Waals surface area (Å²) in [6.07, 6.45) is 2.45. The summed E-state index contributed by atoms with van der Waals surface area (Å²) in [6.45, 7) is 0.0729. The lowest BCUT2D eigenvalue weighted by atomic mass is 10.2. The van der Waals surface area contributed by atoms with Crippen molar-refractivity contribution >= 4 is 17.7 Å². The Kier molecular flexibility index (Phi) is 1.65. The van der Waals surface area contributed by atoms with Crippen molar-refractivity contribution in [3.8, 4) is 0 Å². The lowest BCUT2D eigenvalue weighted by Crippen LogP contribution is -2.49. The quantitative estimate of drug-likeness (QED) is 0.572. The first kappa shape index (κ1) is 7.18. The van der Waals surface area contributed by atoms with Gasteiger partial charge in [-0.2, -0.15) is 0 Å². The van der Waals surface area contributed by atoms with Crippen LogP contribution < -0.4 is 0 Å². The SMILES string of the molecule is O=C1CC2SCC(CO)=CN12. The highest BCUT2D eigenvalue weighted by molar-refractivity contribution is 8.00. The van der Waals surface area contributed by atoms with Gasteiger partial charge in [0.25, 0.3) is 0 Å². The minimum atomic E-state index is 0.0729. The fourth-order valence-electron chi connectivity index (χ4n) is 1.22. The van der Waals surface area contributed by atoms with E-state index in [-0.39, 0.29) is 12.5 Å². The van der Waals surface area contributed by atoms with Gasteiger partial charge >= 0.3 is 0 Å². The second kappa shape index (κ2) is 2.53. The molecule has 2 heterocycles. The number of aliphatic hydroxyl groups excluding tert-OH is 1. The first-order valence-corrected chi connectivity index (χ1v) is 4.59. The highest BCUT2D eigenvalue weighted by Crippen LogP contribution is 2.35. The van der Waals surface area contributed by atoms with E-state index in [2.05, 4.69) is 0 Å². The van der Waals surface area contributed by atoms with Gasteiger partial charge in [0.15, 0.2) is 0 Å². The van der Waals surface area contributed by atoms with Crippen LogP contribution in [0.4, 0.5) is 0 Å². The highest BCUT2D eigenvalue weighted by Gasteiger charge is 2.37. The number of amides is 1. The van der Waals surface area contributed by atoms with Crippen LogP contribution in [-0.4, -0.2) is 33.6 Å². The normalized spacial score (nSPS) is 29.2. The maximum Gasteiger partial charge on any atom is 0.230 e. The molecule has 2 aliphatic heterocycles. The van der Waals surface area contributed by atoms with Gasteiger partial charge in [-0.25, -0.2) is 0 Å². The third-order valence-electron chi connectivity index (χ3n) is 1.93. The predicted octanol–water partition coefficient (Wildman–Crippen LogP) is 0.168. The Morgan fingerprint density at radius 3 is 3.27 bits per heavy atom. The molecule has 0 aliphatic carbocycles. The van der Waals surface area contributed by atoms with E-state index in [1.54, 1.807) is 22.9 Å². The van der Waals surface area contributed by atoms with Gasteiger partial charge in [-0.1, -0.05) is 0 Å². The number of nitrogens with zero attached hydrogens (tertiary/aromatic N) is 1. The standard InChI is InChI=1S/C7H9NO2S/c9-3-5-2-8-6(10)1-7(8)11-4-5/h2,7,9H,1,3-4H2. The third-order valence-corrected chi connectivity index (χ3v) is 3.25. The van der Waals surface area contributed by atoms with Crippen molar-refractivity contribution in [1.29, 1.82) is 0 Å². The van der Waals surface area contributed by atoms with E-state index in [4.69, 9.17) is 5.11 Å². The van der Waals surface area contributed by atoms with Gasteiger partial charge in [-0.15, -0.1) is 11.8 Å². The number of fused-ring (bicyclic) bond motifs is 1. The first-order valence-electron chi connectivity index (χ1n) is 3.54. The Morgan fingerprint density at radius 2 is 2.64 bits per heavy atom. The summed E-state index contributed by atoms with van der Waals surface area (Å²) in [4.78, 5) is 12.6. The summed E-state index contributed by atoms with van der Waals surface area (Å²) in [5.41, 5.74) is 0.944. The van der Waals surface area contributed by atoms with Gasteiger partial charge in [-0.05, 0) is 5.57 Å². The van der Waals surface area contributed by atoms with Crippen molar-refractivity contribution in [2.24, 2.45) is 0 Å². The van der Waals surface area contributed by atoms with Gasteiger partial charge in [0.2, 0.25) is 5.91 Å². The summed E-state index contributed by atoms with van der Waals surface area (Å²) < 4.78 is 0. The molecular formula is C7H9NO2S. The maximum atomic E-state index is 10.9. The summed E-state index contributed by atoms with van der Waals surface area (Å²) in [5, 5.41) is 9.14. The van der Waals surface area contributed by atoms with Crippen molar-refractivity contribution < 1.29 is 9.90 Å². The Morgan fingerprint density at radius 1 is 1.82 bits per heavy atom. The number of rotatable bonds is 1. The van der Waals surface area contributed by atoms with Crippen molar-refractivity contribution in [2.45, 2.75) is 11.8 Å². The lowest BCUT2D eigenvalue weighted by molar-refractivity contribution is -0.137. The smallest absolute Gasteiger partial charge is 0.230 e. The van der Waals surface area contributed by atoms with Crippen LogP contribution in [0.5, 0.6) is 0 Å². The molecule has 60 valence electrons. The number of thioether (sulfide) groups is 1. The number of hydrogen-bond donors (Lipinski definition) is 1. The fraction of sp³-hybridized carbons (Fsp3) is 0.571. The number of carbonyl (C=O) groups is 1. The molecule has 2 aliphatic rings. The Hall–Kier alpha value is -0.480. The Bertz CT molecular complexity index is 226. The predicted molar refractivity (Wildman–Crippen MR) is 42.9 cm³/mol. The van der Waals surface area contributed by atoms with Crippen LogP contribution in [-0.2, 0) is 4.79 Å². The fourth-order valence-corrected chi connectivity index (χ4v) is 2.39. The van der Waals surface area contributed by atoms with Crippen molar-refractivity contribution in [3.05, 3.63) is 11.8 Å². The number of carbonyl (C=O) groups excluding carboxylic acids is 1. The van der Waals surface area contributed by atoms with Crippen LogP contribution in [0.2, 0.25) is 0 Å². The molecule has 1 atom stereocenters. The average Bonchev–Trinajstić information content (AvgIpc) is 2.03. The van der Waals surface area contributed by atoms with Crippen LogP contribution in [0.1, 0.15) is 6.42 Å². The minimum Gasteiger partial charge on any atom is -0.392 e. The molecule has 4 heteroatoms. The highest BCUT2D eigenvalue weighted by atomic mass is 32.2. The Labute approximate surface area is 69.1 Å². The van der Waals surface area contributed by atoms with Crippen LogP contribution in [0.25, 0.3) is 0 Å². The van der Waals surface area contributed by atoms with Crippen molar-refractivity contribution in [1.82, 2.24) is 4.90 Å². The molecule has 1 fully saturated rings. The summed E-state index contributed by atoms with van der Waals surface area (Å²) in [7, 11) is 0. The molecule has 0 aromatic rings. The molecule has 11 heavy (non-hydrogen) atoms. The molecule has 0 aromatic carbocycles. The molecular weight excluding hydrogens is 162 g/mol. The van der Waals surface area contributed by atoms with Crippen LogP contribution >= 0.6 is 11.8 Å². The third kappa shape index (κ3) is 1.06. The molecule has 0 bridgehead atoms. The van der Waals surface area contributed by atoms with Gasteiger partial charge in [0.1, 0.15) is 0 Å². The van der Waals surface area contributed by atoms with Gasteiger partial charge in [-0.3, -0.25) is 4.79 Å². The molecule has 0 saturated carbocycles. The van der Waals surface area contributed by atoms with Crippen LogP contribution in [0.3, 0.4) is 0 Å². The molecule has 1 amide bonds. The van der Waals surface area contributed by atoms with E-state index in [1.165, 1.54) is 0 Å². The topological polar surface area (TPSA) is 40.5 Å². The largest absolute Gasteiger partial charge is 0.392 e. The zero-order valence-corrected chi connectivity index (χ0v) is 6.80. The van der Waals surface area contributed by atoms with Crippen molar-refractivity contribution in [3.63, 3.8) is 0 Å². The molecule has 1 unspecified atom stereocenters. The molecule has 2 rings (SSSR count). The molecule has 3 nitrogen and oxygen atoms in total. The summed E-state index contributed by atoms with van der Waals surface area (Å²) >= 11 is 1.73. The van der Waals surface area contributed by atoms with Crippen LogP contribution in [0, 0.1) is 0 Å². The van der Waals surface area contributed by atoms with Crippen molar-refractivity contribution in [2.75, 3.05) is 12.4 Å². The van der Waals surface area contributed by atoms with E-state index < -0.39 is 0 Å². The van der Waals surface area contributed by atoms with Gasteiger partial charge < -0.3 is 10.0 Å². The second-order valence-electron chi connectivity index (χ2n) is 2.72.